The summed E-state index contributed by atoms with van der Waals surface area (Å²) in [5.74, 6) is 0. The van der Waals surface area contributed by atoms with E-state index in [1.165, 1.54) is 5.69 Å². The third-order valence-corrected chi connectivity index (χ3v) is 3.31. The van der Waals surface area contributed by atoms with Crippen molar-refractivity contribution >= 4 is 22.2 Å². The number of benzene rings is 1. The van der Waals surface area contributed by atoms with Crippen molar-refractivity contribution in [2.45, 2.75) is 6.92 Å². The minimum atomic E-state index is 0.909. The van der Waals surface area contributed by atoms with Crippen LogP contribution >= 0.6 is 11.3 Å². The maximum absolute atomic E-state index is 4.54. The second-order valence-electron chi connectivity index (χ2n) is 4.01. The topological polar surface area (TPSA) is 28.2 Å². The standard InChI is InChI=1S/C13H17N3S/c1-4-14-13-15-12(9-17-13)10-5-7-11(8-6-10)16(2)3/h5-9H,4H2,1-3H3,(H,14,15). The Bertz CT molecular complexity index is 474. The first-order valence-corrected chi connectivity index (χ1v) is 6.56. The van der Waals surface area contributed by atoms with Gasteiger partial charge in [-0.2, -0.15) is 0 Å². The molecule has 0 fully saturated rings. The summed E-state index contributed by atoms with van der Waals surface area (Å²) in [6, 6.07) is 8.45. The fraction of sp³-hybridized carbons (Fsp3) is 0.308. The summed E-state index contributed by atoms with van der Waals surface area (Å²) in [5.41, 5.74) is 3.41. The summed E-state index contributed by atoms with van der Waals surface area (Å²) in [7, 11) is 4.09. The van der Waals surface area contributed by atoms with Crippen LogP contribution in [0.1, 0.15) is 6.92 Å². The molecule has 0 aliphatic carbocycles. The van der Waals surface area contributed by atoms with E-state index in [2.05, 4.69) is 51.8 Å². The van der Waals surface area contributed by atoms with Crippen LogP contribution in [-0.4, -0.2) is 25.6 Å². The van der Waals surface area contributed by atoms with Crippen LogP contribution in [0.2, 0.25) is 0 Å². The van der Waals surface area contributed by atoms with E-state index >= 15 is 0 Å². The normalized spacial score (nSPS) is 10.3. The molecule has 0 bridgehead atoms. The summed E-state index contributed by atoms with van der Waals surface area (Å²) in [6.45, 7) is 2.99. The minimum absolute atomic E-state index is 0.909. The van der Waals surface area contributed by atoms with Crippen LogP contribution < -0.4 is 10.2 Å². The molecule has 90 valence electrons. The number of aromatic nitrogens is 1. The third kappa shape index (κ3) is 2.77. The van der Waals surface area contributed by atoms with Gasteiger partial charge in [-0.1, -0.05) is 12.1 Å². The van der Waals surface area contributed by atoms with Crippen LogP contribution in [0.15, 0.2) is 29.6 Å². The van der Waals surface area contributed by atoms with Crippen molar-refractivity contribution in [3.05, 3.63) is 29.6 Å². The van der Waals surface area contributed by atoms with Gasteiger partial charge in [-0.3, -0.25) is 0 Å². The maximum Gasteiger partial charge on any atom is 0.183 e. The quantitative estimate of drug-likeness (QED) is 0.898. The third-order valence-electron chi connectivity index (χ3n) is 2.51. The van der Waals surface area contributed by atoms with Crippen LogP contribution in [0.3, 0.4) is 0 Å². The molecule has 0 amide bonds. The van der Waals surface area contributed by atoms with E-state index in [9.17, 15) is 0 Å². The second-order valence-corrected chi connectivity index (χ2v) is 4.87. The van der Waals surface area contributed by atoms with Gasteiger partial charge >= 0.3 is 0 Å². The monoisotopic (exact) mass is 247 g/mol. The van der Waals surface area contributed by atoms with Crippen LogP contribution in [0.25, 0.3) is 11.3 Å². The van der Waals surface area contributed by atoms with Crippen molar-refractivity contribution in [2.75, 3.05) is 30.9 Å². The van der Waals surface area contributed by atoms with Crippen LogP contribution in [-0.2, 0) is 0 Å². The lowest BCUT2D eigenvalue weighted by Gasteiger charge is -2.12. The van der Waals surface area contributed by atoms with Gasteiger partial charge in [0.1, 0.15) is 0 Å². The highest BCUT2D eigenvalue weighted by molar-refractivity contribution is 7.14. The zero-order chi connectivity index (χ0) is 12.3. The minimum Gasteiger partial charge on any atom is -0.378 e. The summed E-state index contributed by atoms with van der Waals surface area (Å²) in [4.78, 5) is 6.63. The summed E-state index contributed by atoms with van der Waals surface area (Å²) < 4.78 is 0. The number of thiazole rings is 1. The first-order chi connectivity index (χ1) is 8.20. The van der Waals surface area contributed by atoms with Crippen LogP contribution in [0, 0.1) is 0 Å². The Morgan fingerprint density at radius 3 is 2.53 bits per heavy atom. The van der Waals surface area contributed by atoms with E-state index < -0.39 is 0 Å². The van der Waals surface area contributed by atoms with Gasteiger partial charge in [-0.15, -0.1) is 11.3 Å². The predicted molar refractivity (Wildman–Crippen MR) is 76.0 cm³/mol. The molecule has 0 spiro atoms. The predicted octanol–water partition coefficient (Wildman–Crippen LogP) is 3.31. The van der Waals surface area contributed by atoms with Crippen molar-refractivity contribution in [3.8, 4) is 11.3 Å². The summed E-state index contributed by atoms with van der Waals surface area (Å²) in [5, 5.41) is 6.30. The Hall–Kier alpha value is -1.55. The summed E-state index contributed by atoms with van der Waals surface area (Å²) in [6.07, 6.45) is 0. The van der Waals surface area contributed by atoms with Crippen LogP contribution in [0.5, 0.6) is 0 Å². The molecule has 0 saturated carbocycles. The molecule has 0 saturated heterocycles. The molecular weight excluding hydrogens is 230 g/mol. The Kier molecular flexibility index (Phi) is 3.64. The average molecular weight is 247 g/mol. The number of hydrogen-bond acceptors (Lipinski definition) is 4. The van der Waals surface area contributed by atoms with E-state index in [0.717, 1.165) is 22.9 Å². The van der Waals surface area contributed by atoms with Gasteiger partial charge in [0.15, 0.2) is 5.13 Å². The lowest BCUT2D eigenvalue weighted by atomic mass is 10.1. The highest BCUT2D eigenvalue weighted by Gasteiger charge is 2.04. The van der Waals surface area contributed by atoms with E-state index in [4.69, 9.17) is 0 Å². The Labute approximate surface area is 106 Å². The molecule has 4 heteroatoms. The van der Waals surface area contributed by atoms with Gasteiger partial charge in [0.05, 0.1) is 5.69 Å². The molecular formula is C13H17N3S. The molecule has 0 aliphatic heterocycles. The highest BCUT2D eigenvalue weighted by Crippen LogP contribution is 2.26. The second kappa shape index (κ2) is 5.19. The SMILES string of the molecule is CCNc1nc(-c2ccc(N(C)C)cc2)cs1. The van der Waals surface area contributed by atoms with Crippen molar-refractivity contribution < 1.29 is 0 Å². The number of nitrogens with zero attached hydrogens (tertiary/aromatic N) is 2. The van der Waals surface area contributed by atoms with Crippen molar-refractivity contribution in [2.24, 2.45) is 0 Å². The fourth-order valence-corrected chi connectivity index (χ4v) is 2.36. The molecule has 1 aromatic carbocycles. The smallest absolute Gasteiger partial charge is 0.183 e. The number of hydrogen-bond donors (Lipinski definition) is 1. The first-order valence-electron chi connectivity index (χ1n) is 5.68. The van der Waals surface area contributed by atoms with Gasteiger partial charge in [0, 0.05) is 37.3 Å². The molecule has 2 rings (SSSR count). The Morgan fingerprint density at radius 2 is 1.94 bits per heavy atom. The molecule has 2 aromatic rings. The zero-order valence-corrected chi connectivity index (χ0v) is 11.2. The molecule has 1 heterocycles. The number of anilines is 2. The van der Waals surface area contributed by atoms with E-state index in [1.807, 2.05) is 14.1 Å². The molecule has 0 aliphatic rings. The number of rotatable bonds is 4. The molecule has 0 radical (unpaired) electrons. The maximum atomic E-state index is 4.54. The zero-order valence-electron chi connectivity index (χ0n) is 10.4. The molecule has 3 nitrogen and oxygen atoms in total. The van der Waals surface area contributed by atoms with Gasteiger partial charge in [0.25, 0.3) is 0 Å². The van der Waals surface area contributed by atoms with Crippen molar-refractivity contribution in [1.29, 1.82) is 0 Å². The van der Waals surface area contributed by atoms with Gasteiger partial charge in [0.2, 0.25) is 0 Å². The molecule has 1 aromatic heterocycles. The Balaban J connectivity index is 2.21. The van der Waals surface area contributed by atoms with Crippen molar-refractivity contribution in [3.63, 3.8) is 0 Å². The largest absolute Gasteiger partial charge is 0.378 e. The van der Waals surface area contributed by atoms with Gasteiger partial charge in [-0.05, 0) is 19.1 Å². The first kappa shape index (κ1) is 11.9. The van der Waals surface area contributed by atoms with E-state index in [1.54, 1.807) is 11.3 Å². The van der Waals surface area contributed by atoms with Gasteiger partial charge in [-0.25, -0.2) is 4.98 Å². The highest BCUT2D eigenvalue weighted by atomic mass is 32.1. The molecule has 1 N–H and O–H groups in total. The van der Waals surface area contributed by atoms with Crippen LogP contribution in [0.4, 0.5) is 10.8 Å². The molecule has 0 atom stereocenters. The molecule has 0 unspecified atom stereocenters. The van der Waals surface area contributed by atoms with Crippen molar-refractivity contribution in [1.82, 2.24) is 4.98 Å². The number of nitrogens with one attached hydrogen (secondary N) is 1. The summed E-state index contributed by atoms with van der Waals surface area (Å²) >= 11 is 1.65. The Morgan fingerprint density at radius 1 is 1.24 bits per heavy atom. The van der Waals surface area contributed by atoms with Gasteiger partial charge < -0.3 is 10.2 Å². The van der Waals surface area contributed by atoms with E-state index in [0.29, 0.717) is 0 Å². The van der Waals surface area contributed by atoms with E-state index in [-0.39, 0.29) is 0 Å². The fourth-order valence-electron chi connectivity index (χ4n) is 1.57. The molecule has 17 heavy (non-hydrogen) atoms. The lowest BCUT2D eigenvalue weighted by molar-refractivity contribution is 1.13. The lowest BCUT2D eigenvalue weighted by Crippen LogP contribution is -2.07. The average Bonchev–Trinajstić information content (AvgIpc) is 2.78.